The standard InChI is InChI=1S/C13H8F3N7/c14-13(15,16)6-2-1-3-7(4-6)23-12-10(21-22-23)9(18)8(5-17)11(19)20-12/h1-4H,(H4,18,19,20). The van der Waals surface area contributed by atoms with Crippen LogP contribution in [0.25, 0.3) is 16.9 Å². The molecule has 0 fully saturated rings. The second kappa shape index (κ2) is 4.84. The Kier molecular flexibility index (Phi) is 3.07. The molecule has 0 saturated carbocycles. The molecule has 23 heavy (non-hydrogen) atoms. The molecule has 10 heteroatoms. The van der Waals surface area contributed by atoms with E-state index in [2.05, 4.69) is 15.3 Å². The summed E-state index contributed by atoms with van der Waals surface area (Å²) in [7, 11) is 0. The zero-order valence-corrected chi connectivity index (χ0v) is 11.3. The predicted octanol–water partition coefficient (Wildman–Crippen LogP) is 1.87. The lowest BCUT2D eigenvalue weighted by atomic mass is 10.2. The van der Waals surface area contributed by atoms with Gasteiger partial charge in [0.15, 0.2) is 11.2 Å². The molecule has 0 unspecified atom stereocenters. The van der Waals surface area contributed by atoms with Crippen LogP contribution in [0, 0.1) is 11.3 Å². The normalized spacial score (nSPS) is 11.6. The number of rotatable bonds is 1. The van der Waals surface area contributed by atoms with Gasteiger partial charge in [0.05, 0.1) is 16.9 Å². The van der Waals surface area contributed by atoms with Gasteiger partial charge in [-0.1, -0.05) is 11.3 Å². The Balaban J connectivity index is 2.25. The van der Waals surface area contributed by atoms with Gasteiger partial charge in [0, 0.05) is 0 Å². The molecule has 0 aliphatic carbocycles. The number of pyridine rings is 1. The van der Waals surface area contributed by atoms with Gasteiger partial charge in [0.25, 0.3) is 0 Å². The largest absolute Gasteiger partial charge is 0.416 e. The van der Waals surface area contributed by atoms with Crippen LogP contribution in [0.15, 0.2) is 24.3 Å². The summed E-state index contributed by atoms with van der Waals surface area (Å²) < 4.78 is 39.5. The third-order valence-corrected chi connectivity index (χ3v) is 3.18. The van der Waals surface area contributed by atoms with E-state index in [1.165, 1.54) is 12.1 Å². The van der Waals surface area contributed by atoms with Crippen LogP contribution < -0.4 is 11.5 Å². The number of fused-ring (bicyclic) bond motifs is 1. The van der Waals surface area contributed by atoms with E-state index in [-0.39, 0.29) is 33.9 Å². The van der Waals surface area contributed by atoms with Crippen LogP contribution in [0.3, 0.4) is 0 Å². The van der Waals surface area contributed by atoms with Crippen molar-refractivity contribution in [3.05, 3.63) is 35.4 Å². The fraction of sp³-hybridized carbons (Fsp3) is 0.0769. The van der Waals surface area contributed by atoms with Crippen molar-refractivity contribution in [2.75, 3.05) is 11.5 Å². The van der Waals surface area contributed by atoms with E-state index < -0.39 is 11.7 Å². The van der Waals surface area contributed by atoms with Crippen molar-refractivity contribution in [1.82, 2.24) is 20.0 Å². The zero-order valence-electron chi connectivity index (χ0n) is 11.3. The molecule has 0 spiro atoms. The highest BCUT2D eigenvalue weighted by molar-refractivity contribution is 5.91. The molecule has 0 radical (unpaired) electrons. The topological polar surface area (TPSA) is 119 Å². The van der Waals surface area contributed by atoms with Gasteiger partial charge < -0.3 is 11.5 Å². The van der Waals surface area contributed by atoms with Gasteiger partial charge in [-0.3, -0.25) is 0 Å². The van der Waals surface area contributed by atoms with Crippen LogP contribution in [0.2, 0.25) is 0 Å². The van der Waals surface area contributed by atoms with Gasteiger partial charge >= 0.3 is 6.18 Å². The average molecular weight is 319 g/mol. The van der Waals surface area contributed by atoms with E-state index in [4.69, 9.17) is 16.7 Å². The van der Waals surface area contributed by atoms with Gasteiger partial charge in [-0.2, -0.15) is 23.1 Å². The van der Waals surface area contributed by atoms with Crippen LogP contribution >= 0.6 is 0 Å². The third-order valence-electron chi connectivity index (χ3n) is 3.18. The molecular formula is C13H8F3N7. The maximum absolute atomic E-state index is 12.8. The maximum Gasteiger partial charge on any atom is 0.416 e. The smallest absolute Gasteiger partial charge is 0.396 e. The van der Waals surface area contributed by atoms with E-state index in [1.807, 2.05) is 0 Å². The number of aromatic nitrogens is 4. The van der Waals surface area contributed by atoms with Crippen molar-refractivity contribution < 1.29 is 13.2 Å². The Hall–Kier alpha value is -3.35. The van der Waals surface area contributed by atoms with Gasteiger partial charge in [-0.15, -0.1) is 5.10 Å². The summed E-state index contributed by atoms with van der Waals surface area (Å²) in [6.07, 6.45) is -4.49. The van der Waals surface area contributed by atoms with Gasteiger partial charge in [0.2, 0.25) is 0 Å². The van der Waals surface area contributed by atoms with Crippen molar-refractivity contribution in [1.29, 1.82) is 5.26 Å². The first-order valence-corrected chi connectivity index (χ1v) is 6.21. The molecule has 2 heterocycles. The Morgan fingerprint density at radius 2 is 1.96 bits per heavy atom. The van der Waals surface area contributed by atoms with Crippen molar-refractivity contribution in [2.45, 2.75) is 6.18 Å². The molecular weight excluding hydrogens is 311 g/mol. The van der Waals surface area contributed by atoms with Crippen LogP contribution in [0.4, 0.5) is 24.7 Å². The molecule has 3 rings (SSSR count). The van der Waals surface area contributed by atoms with E-state index in [0.717, 1.165) is 16.8 Å². The van der Waals surface area contributed by atoms with E-state index in [1.54, 1.807) is 6.07 Å². The number of halogens is 3. The average Bonchev–Trinajstić information content (AvgIpc) is 2.91. The number of benzene rings is 1. The Morgan fingerprint density at radius 1 is 1.22 bits per heavy atom. The van der Waals surface area contributed by atoms with Gasteiger partial charge in [0.1, 0.15) is 17.5 Å². The highest BCUT2D eigenvalue weighted by Gasteiger charge is 2.30. The Bertz CT molecular complexity index is 953. The number of nitrogens with zero attached hydrogens (tertiary/aromatic N) is 5. The van der Waals surface area contributed by atoms with Crippen LogP contribution in [0.5, 0.6) is 0 Å². The third kappa shape index (κ3) is 2.28. The number of hydrogen-bond acceptors (Lipinski definition) is 6. The van der Waals surface area contributed by atoms with Crippen molar-refractivity contribution in [2.24, 2.45) is 0 Å². The number of alkyl halides is 3. The summed E-state index contributed by atoms with van der Waals surface area (Å²) in [5, 5.41) is 16.5. The predicted molar refractivity (Wildman–Crippen MR) is 75.2 cm³/mol. The minimum absolute atomic E-state index is 0.0202. The minimum Gasteiger partial charge on any atom is -0.396 e. The molecule has 0 atom stereocenters. The number of anilines is 2. The molecule has 3 aromatic rings. The van der Waals surface area contributed by atoms with Crippen molar-refractivity contribution >= 4 is 22.7 Å². The molecule has 0 aliphatic rings. The quantitative estimate of drug-likeness (QED) is 0.706. The lowest BCUT2D eigenvalue weighted by molar-refractivity contribution is -0.137. The highest BCUT2D eigenvalue weighted by Crippen LogP contribution is 2.31. The SMILES string of the molecule is N#Cc1c(N)nc2c(nnn2-c2cccc(C(F)(F)F)c2)c1N. The van der Waals surface area contributed by atoms with E-state index >= 15 is 0 Å². The van der Waals surface area contributed by atoms with E-state index in [9.17, 15) is 13.2 Å². The number of hydrogen-bond donors (Lipinski definition) is 2. The molecule has 0 aliphatic heterocycles. The fourth-order valence-electron chi connectivity index (χ4n) is 2.08. The molecule has 0 bridgehead atoms. The molecule has 0 amide bonds. The maximum atomic E-state index is 12.8. The summed E-state index contributed by atoms with van der Waals surface area (Å²) in [6.45, 7) is 0. The monoisotopic (exact) mass is 319 g/mol. The molecule has 1 aromatic carbocycles. The number of nitriles is 1. The summed E-state index contributed by atoms with van der Waals surface area (Å²) >= 11 is 0. The second-order valence-electron chi connectivity index (χ2n) is 4.62. The molecule has 2 aromatic heterocycles. The second-order valence-corrected chi connectivity index (χ2v) is 4.62. The van der Waals surface area contributed by atoms with Crippen molar-refractivity contribution in [3.8, 4) is 11.8 Å². The first-order chi connectivity index (χ1) is 10.8. The summed E-state index contributed by atoms with van der Waals surface area (Å²) in [5.74, 6) is -0.145. The fourth-order valence-corrected chi connectivity index (χ4v) is 2.08. The molecule has 116 valence electrons. The van der Waals surface area contributed by atoms with Gasteiger partial charge in [-0.05, 0) is 18.2 Å². The lowest BCUT2D eigenvalue weighted by Gasteiger charge is -2.09. The summed E-state index contributed by atoms with van der Waals surface area (Å²) in [4.78, 5) is 3.97. The molecule has 0 saturated heterocycles. The first kappa shape index (κ1) is 14.6. The molecule has 4 N–H and O–H groups in total. The summed E-state index contributed by atoms with van der Waals surface area (Å²) in [6, 6.07) is 6.29. The van der Waals surface area contributed by atoms with E-state index in [0.29, 0.717) is 0 Å². The zero-order chi connectivity index (χ0) is 16.8. The van der Waals surface area contributed by atoms with Crippen LogP contribution in [0.1, 0.15) is 11.1 Å². The van der Waals surface area contributed by atoms with Crippen LogP contribution in [-0.2, 0) is 6.18 Å². The summed E-state index contributed by atoms with van der Waals surface area (Å²) in [5.41, 5.74) is 10.8. The van der Waals surface area contributed by atoms with Gasteiger partial charge in [-0.25, -0.2) is 4.98 Å². The Morgan fingerprint density at radius 3 is 2.61 bits per heavy atom. The first-order valence-electron chi connectivity index (χ1n) is 6.21. The number of nitrogens with two attached hydrogens (primary N) is 2. The number of nitrogen functional groups attached to an aromatic ring is 2. The van der Waals surface area contributed by atoms with Crippen molar-refractivity contribution in [3.63, 3.8) is 0 Å². The minimum atomic E-state index is -4.49. The Labute approximate surface area is 126 Å². The van der Waals surface area contributed by atoms with Crippen LogP contribution in [-0.4, -0.2) is 20.0 Å². The molecule has 7 nitrogen and oxygen atoms in total. The highest BCUT2D eigenvalue weighted by atomic mass is 19.4. The lowest BCUT2D eigenvalue weighted by Crippen LogP contribution is -2.07.